The molecular weight excluding hydrogens is 250 g/mol. The fourth-order valence-corrected chi connectivity index (χ4v) is 2.28. The van der Waals surface area contributed by atoms with Crippen LogP contribution in [0.15, 0.2) is 5.16 Å². The van der Waals surface area contributed by atoms with E-state index in [2.05, 4.69) is 29.4 Å². The molecule has 0 bridgehead atoms. The van der Waals surface area contributed by atoms with E-state index in [-0.39, 0.29) is 17.2 Å². The van der Waals surface area contributed by atoms with Gasteiger partial charge in [-0.25, -0.2) is 0 Å². The summed E-state index contributed by atoms with van der Waals surface area (Å²) in [5, 5.41) is 11.1. The minimum atomic E-state index is -0.215. The van der Waals surface area contributed by atoms with E-state index in [1.54, 1.807) is 11.6 Å². The van der Waals surface area contributed by atoms with Crippen LogP contribution in [0.3, 0.4) is 0 Å². The fraction of sp³-hybridized carbons (Fsp3) is 0.727. The lowest BCUT2D eigenvalue weighted by Crippen LogP contribution is -2.38. The second kappa shape index (κ2) is 6.63. The molecule has 1 heterocycles. The summed E-state index contributed by atoms with van der Waals surface area (Å²) >= 11 is 1.36. The first-order valence-corrected chi connectivity index (χ1v) is 6.99. The van der Waals surface area contributed by atoms with E-state index < -0.39 is 0 Å². The minimum Gasteiger partial charge on any atom is -0.368 e. The van der Waals surface area contributed by atoms with Crippen molar-refractivity contribution in [3.63, 3.8) is 0 Å². The number of nitrogen functional groups attached to an aromatic ring is 1. The summed E-state index contributed by atoms with van der Waals surface area (Å²) in [6, 6.07) is 0.241. The molecule has 1 rings (SSSR count). The first-order valence-electron chi connectivity index (χ1n) is 6.11. The van der Waals surface area contributed by atoms with Crippen molar-refractivity contribution in [1.29, 1.82) is 0 Å². The van der Waals surface area contributed by atoms with Crippen molar-refractivity contribution in [1.82, 2.24) is 20.1 Å². The molecule has 0 aliphatic carbocycles. The Morgan fingerprint density at radius 3 is 2.50 bits per heavy atom. The van der Waals surface area contributed by atoms with E-state index in [1.807, 2.05) is 6.92 Å². The Labute approximate surface area is 112 Å². The highest BCUT2D eigenvalue weighted by Crippen LogP contribution is 2.22. The zero-order chi connectivity index (χ0) is 13.7. The van der Waals surface area contributed by atoms with Gasteiger partial charge in [-0.15, -0.1) is 10.2 Å². The molecule has 3 N–H and O–H groups in total. The van der Waals surface area contributed by atoms with Crippen molar-refractivity contribution in [3.8, 4) is 0 Å². The molecule has 1 unspecified atom stereocenters. The Kier molecular flexibility index (Phi) is 5.46. The SMILES string of the molecule is CCC(CC)NC(=O)C(C)Sc1nnc(N)n1C. The predicted molar refractivity (Wildman–Crippen MR) is 73.2 cm³/mol. The van der Waals surface area contributed by atoms with Crippen LogP contribution in [-0.4, -0.2) is 32.0 Å². The van der Waals surface area contributed by atoms with E-state index in [9.17, 15) is 4.79 Å². The van der Waals surface area contributed by atoms with Gasteiger partial charge in [0.25, 0.3) is 0 Å². The van der Waals surface area contributed by atoms with Crippen LogP contribution >= 0.6 is 11.8 Å². The highest BCUT2D eigenvalue weighted by Gasteiger charge is 2.19. The quantitative estimate of drug-likeness (QED) is 0.759. The molecule has 0 saturated heterocycles. The van der Waals surface area contributed by atoms with E-state index in [4.69, 9.17) is 5.73 Å². The third-order valence-electron chi connectivity index (χ3n) is 2.85. The first-order chi connectivity index (χ1) is 8.49. The van der Waals surface area contributed by atoms with Crippen LogP contribution in [0.25, 0.3) is 0 Å². The van der Waals surface area contributed by atoms with Gasteiger partial charge in [-0.2, -0.15) is 0 Å². The number of rotatable bonds is 6. The number of nitrogens with zero attached hydrogens (tertiary/aromatic N) is 3. The molecule has 1 atom stereocenters. The largest absolute Gasteiger partial charge is 0.368 e. The maximum atomic E-state index is 12.0. The standard InChI is InChI=1S/C11H21N5OS/c1-5-8(6-2)13-9(17)7(3)18-11-15-14-10(12)16(11)4/h7-8H,5-6H2,1-4H3,(H2,12,14)(H,13,17). The first kappa shape index (κ1) is 14.8. The summed E-state index contributed by atoms with van der Waals surface area (Å²) in [5.41, 5.74) is 5.59. The van der Waals surface area contributed by atoms with Crippen molar-refractivity contribution in [2.24, 2.45) is 7.05 Å². The third-order valence-corrected chi connectivity index (χ3v) is 3.99. The third kappa shape index (κ3) is 3.63. The number of nitrogens with two attached hydrogens (primary N) is 1. The number of hydrogen-bond acceptors (Lipinski definition) is 5. The molecule has 1 aromatic rings. The lowest BCUT2D eigenvalue weighted by Gasteiger charge is -2.17. The minimum absolute atomic E-state index is 0.0234. The monoisotopic (exact) mass is 271 g/mol. The predicted octanol–water partition coefficient (Wildman–Crippen LogP) is 1.18. The van der Waals surface area contributed by atoms with Crippen LogP contribution in [0.5, 0.6) is 0 Å². The maximum Gasteiger partial charge on any atom is 0.233 e. The Morgan fingerprint density at radius 2 is 2.06 bits per heavy atom. The molecule has 102 valence electrons. The Morgan fingerprint density at radius 1 is 1.44 bits per heavy atom. The number of hydrogen-bond donors (Lipinski definition) is 2. The summed E-state index contributed by atoms with van der Waals surface area (Å²) in [6.07, 6.45) is 1.88. The molecule has 1 amide bonds. The van der Waals surface area contributed by atoms with Crippen LogP contribution in [-0.2, 0) is 11.8 Å². The van der Waals surface area contributed by atoms with Gasteiger partial charge in [0.2, 0.25) is 11.9 Å². The molecular formula is C11H21N5OS. The lowest BCUT2D eigenvalue weighted by atomic mass is 10.2. The van der Waals surface area contributed by atoms with Crippen molar-refractivity contribution in [2.75, 3.05) is 5.73 Å². The molecule has 18 heavy (non-hydrogen) atoms. The molecule has 0 aromatic carbocycles. The van der Waals surface area contributed by atoms with E-state index in [1.165, 1.54) is 11.8 Å². The zero-order valence-electron chi connectivity index (χ0n) is 11.3. The molecule has 0 aliphatic heterocycles. The Hall–Kier alpha value is -1.24. The van der Waals surface area contributed by atoms with Gasteiger partial charge in [-0.3, -0.25) is 9.36 Å². The van der Waals surface area contributed by atoms with Crippen LogP contribution in [0.1, 0.15) is 33.6 Å². The summed E-state index contributed by atoms with van der Waals surface area (Å²) in [4.78, 5) is 12.0. The summed E-state index contributed by atoms with van der Waals surface area (Å²) in [7, 11) is 1.78. The second-order valence-corrected chi connectivity index (χ2v) is 5.49. The average Bonchev–Trinajstić information content (AvgIpc) is 2.67. The second-order valence-electron chi connectivity index (χ2n) is 4.18. The van der Waals surface area contributed by atoms with E-state index in [0.717, 1.165) is 12.8 Å². The van der Waals surface area contributed by atoms with Crippen LogP contribution in [0.4, 0.5) is 5.95 Å². The van der Waals surface area contributed by atoms with Crippen LogP contribution < -0.4 is 11.1 Å². The van der Waals surface area contributed by atoms with Gasteiger partial charge in [0.05, 0.1) is 5.25 Å². The summed E-state index contributed by atoms with van der Waals surface area (Å²) in [6.45, 7) is 5.98. The zero-order valence-corrected chi connectivity index (χ0v) is 12.1. The normalized spacial score (nSPS) is 12.7. The lowest BCUT2D eigenvalue weighted by molar-refractivity contribution is -0.121. The average molecular weight is 271 g/mol. The van der Waals surface area contributed by atoms with E-state index >= 15 is 0 Å². The fourth-order valence-electron chi connectivity index (χ4n) is 1.45. The summed E-state index contributed by atoms with van der Waals surface area (Å²) < 4.78 is 1.67. The van der Waals surface area contributed by atoms with Gasteiger partial charge in [0.15, 0.2) is 5.16 Å². The number of thioether (sulfide) groups is 1. The van der Waals surface area contributed by atoms with Crippen LogP contribution in [0.2, 0.25) is 0 Å². The van der Waals surface area contributed by atoms with Crippen molar-refractivity contribution in [3.05, 3.63) is 0 Å². The van der Waals surface area contributed by atoms with Gasteiger partial charge in [0, 0.05) is 13.1 Å². The molecule has 0 radical (unpaired) electrons. The highest BCUT2D eigenvalue weighted by atomic mass is 32.2. The molecule has 7 heteroatoms. The van der Waals surface area contributed by atoms with Crippen molar-refractivity contribution >= 4 is 23.6 Å². The van der Waals surface area contributed by atoms with Crippen LogP contribution in [0, 0.1) is 0 Å². The number of carbonyl (C=O) groups excluding carboxylic acids is 1. The summed E-state index contributed by atoms with van der Waals surface area (Å²) in [5.74, 6) is 0.375. The molecule has 1 aromatic heterocycles. The molecule has 0 saturated carbocycles. The molecule has 6 nitrogen and oxygen atoms in total. The Bertz CT molecular complexity index is 402. The highest BCUT2D eigenvalue weighted by molar-refractivity contribution is 8.00. The van der Waals surface area contributed by atoms with Gasteiger partial charge in [0.1, 0.15) is 0 Å². The van der Waals surface area contributed by atoms with Crippen molar-refractivity contribution in [2.45, 2.75) is 50.1 Å². The topological polar surface area (TPSA) is 85.8 Å². The van der Waals surface area contributed by atoms with Crippen molar-refractivity contribution < 1.29 is 4.79 Å². The number of anilines is 1. The maximum absolute atomic E-state index is 12.0. The molecule has 0 spiro atoms. The number of carbonyl (C=O) groups is 1. The Balaban J connectivity index is 2.57. The number of amides is 1. The smallest absolute Gasteiger partial charge is 0.233 e. The number of aromatic nitrogens is 3. The molecule has 0 aliphatic rings. The van der Waals surface area contributed by atoms with Gasteiger partial charge in [-0.1, -0.05) is 25.6 Å². The van der Waals surface area contributed by atoms with Gasteiger partial charge >= 0.3 is 0 Å². The number of nitrogens with one attached hydrogen (secondary N) is 1. The van der Waals surface area contributed by atoms with Gasteiger partial charge in [-0.05, 0) is 19.8 Å². The molecule has 0 fully saturated rings. The van der Waals surface area contributed by atoms with E-state index in [0.29, 0.717) is 11.1 Å². The van der Waals surface area contributed by atoms with Gasteiger partial charge < -0.3 is 11.1 Å².